The monoisotopic (exact) mass is 391 g/mol. The second kappa shape index (κ2) is 7.89. The summed E-state index contributed by atoms with van der Waals surface area (Å²) in [5.41, 5.74) is 0.915. The van der Waals surface area contributed by atoms with Crippen molar-refractivity contribution in [2.45, 2.75) is 26.6 Å². The number of hydrogen-bond donors (Lipinski definition) is 1. The third-order valence-corrected chi connectivity index (χ3v) is 4.51. The van der Waals surface area contributed by atoms with Crippen molar-refractivity contribution in [1.82, 2.24) is 5.32 Å². The standard InChI is InChI=1S/C15H16BrF2NO2S/c1-9-3-4-11(22-9)8-19-7-10-5-12(16)14(21-15(17)18)13(6-10)20-2/h3-6,15,19H,7-8H2,1-2H3. The van der Waals surface area contributed by atoms with Crippen LogP contribution in [0.15, 0.2) is 28.7 Å². The summed E-state index contributed by atoms with van der Waals surface area (Å²) in [7, 11) is 1.42. The fourth-order valence-corrected chi connectivity index (χ4v) is 3.43. The number of thiophene rings is 1. The first-order chi connectivity index (χ1) is 10.5. The third-order valence-electron chi connectivity index (χ3n) is 2.92. The van der Waals surface area contributed by atoms with Gasteiger partial charge < -0.3 is 14.8 Å². The third kappa shape index (κ3) is 4.66. The molecule has 0 amide bonds. The molecule has 0 saturated carbocycles. The normalized spacial score (nSPS) is 11.0. The van der Waals surface area contributed by atoms with Crippen LogP contribution >= 0.6 is 27.3 Å². The van der Waals surface area contributed by atoms with Crippen LogP contribution in [0.5, 0.6) is 11.5 Å². The molecule has 0 radical (unpaired) electrons. The minimum absolute atomic E-state index is 0.00938. The minimum Gasteiger partial charge on any atom is -0.493 e. The smallest absolute Gasteiger partial charge is 0.387 e. The number of aryl methyl sites for hydroxylation is 1. The van der Waals surface area contributed by atoms with Crippen LogP contribution in [0.1, 0.15) is 15.3 Å². The molecule has 1 aromatic heterocycles. The van der Waals surface area contributed by atoms with Crippen LogP contribution in [0.2, 0.25) is 0 Å². The Morgan fingerprint density at radius 2 is 2.05 bits per heavy atom. The van der Waals surface area contributed by atoms with E-state index in [0.29, 0.717) is 11.0 Å². The molecule has 0 fully saturated rings. The highest BCUT2D eigenvalue weighted by Gasteiger charge is 2.15. The lowest BCUT2D eigenvalue weighted by atomic mass is 10.2. The molecular weight excluding hydrogens is 376 g/mol. The second-order valence-electron chi connectivity index (χ2n) is 4.60. The van der Waals surface area contributed by atoms with Gasteiger partial charge in [0.1, 0.15) is 0 Å². The molecule has 0 spiro atoms. The number of ether oxygens (including phenoxy) is 2. The Balaban J connectivity index is 2.03. The highest BCUT2D eigenvalue weighted by Crippen LogP contribution is 2.37. The number of rotatable bonds is 7. The van der Waals surface area contributed by atoms with Crippen LogP contribution in [0.4, 0.5) is 8.78 Å². The van der Waals surface area contributed by atoms with E-state index in [9.17, 15) is 8.78 Å². The van der Waals surface area contributed by atoms with E-state index in [4.69, 9.17) is 4.74 Å². The molecule has 1 aromatic carbocycles. The molecule has 3 nitrogen and oxygen atoms in total. The number of halogens is 3. The van der Waals surface area contributed by atoms with E-state index in [1.807, 2.05) is 0 Å². The Hall–Kier alpha value is -1.18. The maximum absolute atomic E-state index is 12.4. The topological polar surface area (TPSA) is 30.5 Å². The lowest BCUT2D eigenvalue weighted by Crippen LogP contribution is -2.12. The summed E-state index contributed by atoms with van der Waals surface area (Å²) in [4.78, 5) is 2.52. The Labute approximate surface area is 140 Å². The first-order valence-electron chi connectivity index (χ1n) is 6.57. The van der Waals surface area contributed by atoms with Crippen LogP contribution in [0.25, 0.3) is 0 Å². The Bertz CT molecular complexity index is 634. The summed E-state index contributed by atoms with van der Waals surface area (Å²) in [6.45, 7) is 0.531. The number of nitrogens with one attached hydrogen (secondary N) is 1. The predicted octanol–water partition coefficient (Wildman–Crippen LogP) is 4.72. The predicted molar refractivity (Wildman–Crippen MR) is 86.9 cm³/mol. The van der Waals surface area contributed by atoms with Gasteiger partial charge in [-0.05, 0) is 52.7 Å². The van der Waals surface area contributed by atoms with E-state index in [-0.39, 0.29) is 11.5 Å². The largest absolute Gasteiger partial charge is 0.493 e. The van der Waals surface area contributed by atoms with Crippen LogP contribution in [-0.4, -0.2) is 13.7 Å². The van der Waals surface area contributed by atoms with Gasteiger partial charge in [0.25, 0.3) is 0 Å². The van der Waals surface area contributed by atoms with Crippen LogP contribution in [0, 0.1) is 6.92 Å². The van der Waals surface area contributed by atoms with Crippen molar-refractivity contribution < 1.29 is 18.3 Å². The molecule has 0 atom stereocenters. The summed E-state index contributed by atoms with van der Waals surface area (Å²) in [6, 6.07) is 7.60. The number of benzene rings is 1. The van der Waals surface area contributed by atoms with E-state index in [1.54, 1.807) is 23.5 Å². The van der Waals surface area contributed by atoms with E-state index < -0.39 is 6.61 Å². The zero-order chi connectivity index (χ0) is 16.1. The molecular formula is C15H16BrF2NO2S. The second-order valence-corrected chi connectivity index (χ2v) is 6.83. The summed E-state index contributed by atoms with van der Waals surface area (Å²) in [6.07, 6.45) is 0. The van der Waals surface area contributed by atoms with E-state index in [0.717, 1.165) is 12.1 Å². The summed E-state index contributed by atoms with van der Waals surface area (Å²) in [5.74, 6) is 0.286. The summed E-state index contributed by atoms with van der Waals surface area (Å²) < 4.78 is 34.8. The van der Waals surface area contributed by atoms with Gasteiger partial charge in [-0.15, -0.1) is 11.3 Å². The van der Waals surface area contributed by atoms with Gasteiger partial charge in [0, 0.05) is 22.8 Å². The van der Waals surface area contributed by atoms with Crippen LogP contribution in [-0.2, 0) is 13.1 Å². The van der Waals surface area contributed by atoms with Gasteiger partial charge in [-0.25, -0.2) is 0 Å². The van der Waals surface area contributed by atoms with Crippen molar-refractivity contribution in [3.05, 3.63) is 44.1 Å². The fourth-order valence-electron chi connectivity index (χ4n) is 1.99. The van der Waals surface area contributed by atoms with Gasteiger partial charge in [0.15, 0.2) is 11.5 Å². The van der Waals surface area contributed by atoms with Crippen molar-refractivity contribution >= 4 is 27.3 Å². The van der Waals surface area contributed by atoms with E-state index in [1.165, 1.54) is 16.9 Å². The zero-order valence-electron chi connectivity index (χ0n) is 12.2. The molecule has 0 bridgehead atoms. The Kier molecular flexibility index (Phi) is 6.16. The van der Waals surface area contributed by atoms with Crippen LogP contribution < -0.4 is 14.8 Å². The lowest BCUT2D eigenvalue weighted by Gasteiger charge is -2.14. The molecule has 22 heavy (non-hydrogen) atoms. The fraction of sp³-hybridized carbons (Fsp3) is 0.333. The Morgan fingerprint density at radius 3 is 2.64 bits per heavy atom. The van der Waals surface area contributed by atoms with E-state index in [2.05, 4.69) is 45.0 Å². The molecule has 1 N–H and O–H groups in total. The number of alkyl halides is 2. The molecule has 0 unspecified atom stereocenters. The van der Waals surface area contributed by atoms with Gasteiger partial charge in [0.2, 0.25) is 0 Å². The number of hydrogen-bond acceptors (Lipinski definition) is 4. The molecule has 2 aromatic rings. The molecule has 0 aliphatic carbocycles. The summed E-state index contributed by atoms with van der Waals surface area (Å²) in [5, 5.41) is 3.32. The zero-order valence-corrected chi connectivity index (χ0v) is 14.6. The molecule has 0 aliphatic heterocycles. The van der Waals surface area contributed by atoms with Crippen molar-refractivity contribution in [1.29, 1.82) is 0 Å². The molecule has 1 heterocycles. The van der Waals surface area contributed by atoms with Gasteiger partial charge in [-0.3, -0.25) is 0 Å². The highest BCUT2D eigenvalue weighted by molar-refractivity contribution is 9.10. The SMILES string of the molecule is COc1cc(CNCc2ccc(C)s2)cc(Br)c1OC(F)F. The van der Waals surface area contributed by atoms with Crippen molar-refractivity contribution in [2.24, 2.45) is 0 Å². The van der Waals surface area contributed by atoms with Crippen molar-refractivity contribution in [3.63, 3.8) is 0 Å². The minimum atomic E-state index is -2.89. The first-order valence-corrected chi connectivity index (χ1v) is 8.17. The average molecular weight is 392 g/mol. The maximum Gasteiger partial charge on any atom is 0.387 e. The first kappa shape index (κ1) is 17.2. The van der Waals surface area contributed by atoms with E-state index >= 15 is 0 Å². The lowest BCUT2D eigenvalue weighted by molar-refractivity contribution is -0.0517. The molecule has 7 heteroatoms. The van der Waals surface area contributed by atoms with Crippen molar-refractivity contribution in [2.75, 3.05) is 7.11 Å². The highest BCUT2D eigenvalue weighted by atomic mass is 79.9. The molecule has 2 rings (SSSR count). The van der Waals surface area contributed by atoms with Gasteiger partial charge >= 0.3 is 6.61 Å². The van der Waals surface area contributed by atoms with Gasteiger partial charge in [-0.2, -0.15) is 8.78 Å². The van der Waals surface area contributed by atoms with Crippen molar-refractivity contribution in [3.8, 4) is 11.5 Å². The Morgan fingerprint density at radius 1 is 1.27 bits per heavy atom. The summed E-state index contributed by atoms with van der Waals surface area (Å²) >= 11 is 4.99. The van der Waals surface area contributed by atoms with Gasteiger partial charge in [-0.1, -0.05) is 0 Å². The molecule has 0 saturated heterocycles. The quantitative estimate of drug-likeness (QED) is 0.740. The van der Waals surface area contributed by atoms with Gasteiger partial charge in [0.05, 0.1) is 11.6 Å². The van der Waals surface area contributed by atoms with Crippen LogP contribution in [0.3, 0.4) is 0 Å². The molecule has 120 valence electrons. The number of methoxy groups -OCH3 is 1. The maximum atomic E-state index is 12.4. The molecule has 0 aliphatic rings. The average Bonchev–Trinajstić information content (AvgIpc) is 2.86.